The van der Waals surface area contributed by atoms with Crippen LogP contribution in [0, 0.1) is 0 Å². The monoisotopic (exact) mass is 371 g/mol. The van der Waals surface area contributed by atoms with Gasteiger partial charge in [0, 0.05) is 12.6 Å². The number of hydrogen-bond acceptors (Lipinski definition) is 3. The van der Waals surface area contributed by atoms with Gasteiger partial charge in [-0.15, -0.1) is 0 Å². The summed E-state index contributed by atoms with van der Waals surface area (Å²) in [4.78, 5) is 15.8. The Bertz CT molecular complexity index is 522. The van der Waals surface area contributed by atoms with Crippen molar-refractivity contribution in [3.63, 3.8) is 0 Å². The summed E-state index contributed by atoms with van der Waals surface area (Å²) in [5, 5.41) is 0. The second-order valence-corrected chi connectivity index (χ2v) is 6.95. The van der Waals surface area contributed by atoms with Crippen LogP contribution in [0.4, 0.5) is 0 Å². The molecule has 0 aliphatic heterocycles. The molecule has 0 radical (unpaired) electrons. The van der Waals surface area contributed by atoms with Gasteiger partial charge in [0.05, 0.1) is 5.69 Å². The second kappa shape index (κ2) is 17.5. The molecular weight excluding hydrogens is 334 g/mol. The number of unbranched alkanes of at least 4 members (excludes halogenated alkanes) is 8. The van der Waals surface area contributed by atoms with Gasteiger partial charge in [0.25, 0.3) is 0 Å². The van der Waals surface area contributed by atoms with E-state index >= 15 is 0 Å². The van der Waals surface area contributed by atoms with Gasteiger partial charge >= 0.3 is 5.97 Å². The molecule has 0 atom stereocenters. The first-order valence-electron chi connectivity index (χ1n) is 10.7. The van der Waals surface area contributed by atoms with Gasteiger partial charge < -0.3 is 4.74 Å². The van der Waals surface area contributed by atoms with Crippen LogP contribution < -0.4 is 0 Å². The maximum absolute atomic E-state index is 11.7. The van der Waals surface area contributed by atoms with Crippen molar-refractivity contribution in [2.75, 3.05) is 0 Å². The highest BCUT2D eigenvalue weighted by Crippen LogP contribution is 2.08. The number of rotatable bonds is 16. The lowest BCUT2D eigenvalue weighted by Crippen LogP contribution is -2.05. The average Bonchev–Trinajstić information content (AvgIpc) is 2.70. The van der Waals surface area contributed by atoms with Gasteiger partial charge in [0.15, 0.2) is 0 Å². The van der Waals surface area contributed by atoms with Gasteiger partial charge in [-0.25, -0.2) is 0 Å². The standard InChI is InChI=1S/C24H37NO2/c1-2-3-4-5-6-7-8-9-10-11-12-13-14-15-16-20-24(26)27-22-23-19-17-18-21-25-23/h6-7,10-11,17-19,21H,2-5,8-9,12-16,20,22H2,1H3. The fourth-order valence-corrected chi connectivity index (χ4v) is 2.77. The highest BCUT2D eigenvalue weighted by Gasteiger charge is 2.03. The zero-order chi connectivity index (χ0) is 19.4. The van der Waals surface area contributed by atoms with Crippen molar-refractivity contribution >= 4 is 5.97 Å². The largest absolute Gasteiger partial charge is 0.459 e. The van der Waals surface area contributed by atoms with Crippen LogP contribution in [0.5, 0.6) is 0 Å². The molecule has 1 aromatic heterocycles. The molecule has 0 unspecified atom stereocenters. The van der Waals surface area contributed by atoms with Crippen LogP contribution in [-0.4, -0.2) is 11.0 Å². The summed E-state index contributed by atoms with van der Waals surface area (Å²) in [6, 6.07) is 5.62. The molecule has 0 aliphatic carbocycles. The molecule has 1 rings (SSSR count). The first-order chi connectivity index (χ1) is 13.3. The zero-order valence-electron chi connectivity index (χ0n) is 17.1. The highest BCUT2D eigenvalue weighted by atomic mass is 16.5. The molecular formula is C24H37NO2. The van der Waals surface area contributed by atoms with Crippen LogP contribution in [0.1, 0.15) is 89.7 Å². The Hall–Kier alpha value is -1.90. The summed E-state index contributed by atoms with van der Waals surface area (Å²) in [7, 11) is 0. The van der Waals surface area contributed by atoms with Crippen LogP contribution in [0.15, 0.2) is 48.7 Å². The number of hydrogen-bond donors (Lipinski definition) is 0. The van der Waals surface area contributed by atoms with Crippen molar-refractivity contribution in [1.82, 2.24) is 4.98 Å². The molecule has 27 heavy (non-hydrogen) atoms. The minimum atomic E-state index is -0.122. The minimum Gasteiger partial charge on any atom is -0.459 e. The molecule has 150 valence electrons. The SMILES string of the molecule is CCCCCC=CCCC=CCCCCCCC(=O)OCc1ccccn1. The maximum atomic E-state index is 11.7. The van der Waals surface area contributed by atoms with Crippen molar-refractivity contribution in [2.45, 2.75) is 90.6 Å². The molecule has 3 heteroatoms. The van der Waals surface area contributed by atoms with Gasteiger partial charge in [-0.2, -0.15) is 0 Å². The van der Waals surface area contributed by atoms with Gasteiger partial charge in [-0.1, -0.05) is 63.0 Å². The lowest BCUT2D eigenvalue weighted by molar-refractivity contribution is -0.145. The van der Waals surface area contributed by atoms with Crippen molar-refractivity contribution in [3.05, 3.63) is 54.4 Å². The Morgan fingerprint density at radius 3 is 2.22 bits per heavy atom. The Balaban J connectivity index is 1.86. The van der Waals surface area contributed by atoms with E-state index in [1.54, 1.807) is 6.20 Å². The number of aromatic nitrogens is 1. The maximum Gasteiger partial charge on any atom is 0.306 e. The van der Waals surface area contributed by atoms with Crippen molar-refractivity contribution in [3.8, 4) is 0 Å². The van der Waals surface area contributed by atoms with Gasteiger partial charge in [-0.05, 0) is 57.1 Å². The Labute approximate surface area is 165 Å². The topological polar surface area (TPSA) is 39.2 Å². The van der Waals surface area contributed by atoms with Crippen LogP contribution >= 0.6 is 0 Å². The van der Waals surface area contributed by atoms with E-state index in [0.29, 0.717) is 6.42 Å². The molecule has 0 aromatic carbocycles. The van der Waals surface area contributed by atoms with E-state index < -0.39 is 0 Å². The number of pyridine rings is 1. The lowest BCUT2D eigenvalue weighted by atomic mass is 10.1. The summed E-state index contributed by atoms with van der Waals surface area (Å²) >= 11 is 0. The molecule has 1 aromatic rings. The van der Waals surface area contributed by atoms with Crippen LogP contribution in [0.2, 0.25) is 0 Å². The van der Waals surface area contributed by atoms with E-state index in [2.05, 4.69) is 36.2 Å². The van der Waals surface area contributed by atoms with Crippen molar-refractivity contribution in [2.24, 2.45) is 0 Å². The molecule has 3 nitrogen and oxygen atoms in total. The predicted octanol–water partition coefficient (Wildman–Crippen LogP) is 6.94. The van der Waals surface area contributed by atoms with E-state index in [4.69, 9.17) is 4.74 Å². The lowest BCUT2D eigenvalue weighted by Gasteiger charge is -2.04. The summed E-state index contributed by atoms with van der Waals surface area (Å²) in [5.41, 5.74) is 0.796. The number of ether oxygens (including phenoxy) is 1. The third-order valence-electron chi connectivity index (χ3n) is 4.42. The summed E-state index contributed by atoms with van der Waals surface area (Å²) in [6.45, 7) is 2.52. The first kappa shape index (κ1) is 23.1. The number of carbonyl (C=O) groups is 1. The predicted molar refractivity (Wildman–Crippen MR) is 113 cm³/mol. The Kier molecular flexibility index (Phi) is 15.0. The molecule has 0 fully saturated rings. The van der Waals surface area contributed by atoms with E-state index in [-0.39, 0.29) is 12.6 Å². The molecule has 0 bridgehead atoms. The molecule has 0 saturated carbocycles. The number of carbonyl (C=O) groups excluding carboxylic acids is 1. The van der Waals surface area contributed by atoms with Crippen LogP contribution in [0.3, 0.4) is 0 Å². The molecule has 0 amide bonds. The van der Waals surface area contributed by atoms with E-state index in [9.17, 15) is 4.79 Å². The van der Waals surface area contributed by atoms with E-state index in [0.717, 1.165) is 37.8 Å². The molecule has 0 saturated heterocycles. The number of nitrogens with zero attached hydrogens (tertiary/aromatic N) is 1. The smallest absolute Gasteiger partial charge is 0.306 e. The third-order valence-corrected chi connectivity index (χ3v) is 4.42. The highest BCUT2D eigenvalue weighted by molar-refractivity contribution is 5.69. The fraction of sp³-hybridized carbons (Fsp3) is 0.583. The quantitative estimate of drug-likeness (QED) is 0.179. The fourth-order valence-electron chi connectivity index (χ4n) is 2.77. The Morgan fingerprint density at radius 2 is 1.56 bits per heavy atom. The van der Waals surface area contributed by atoms with Gasteiger partial charge in [0.2, 0.25) is 0 Å². The van der Waals surface area contributed by atoms with Gasteiger partial charge in [-0.3, -0.25) is 9.78 Å². The number of allylic oxidation sites excluding steroid dienone is 4. The minimum absolute atomic E-state index is 0.122. The summed E-state index contributed by atoms with van der Waals surface area (Å²) in [6.07, 6.45) is 24.5. The second-order valence-electron chi connectivity index (χ2n) is 6.95. The third kappa shape index (κ3) is 14.9. The van der Waals surface area contributed by atoms with Crippen LogP contribution in [0.25, 0.3) is 0 Å². The normalized spacial score (nSPS) is 11.4. The average molecular weight is 372 g/mol. The van der Waals surface area contributed by atoms with Crippen molar-refractivity contribution < 1.29 is 9.53 Å². The van der Waals surface area contributed by atoms with Crippen molar-refractivity contribution in [1.29, 1.82) is 0 Å². The molecule has 0 N–H and O–H groups in total. The molecule has 0 spiro atoms. The summed E-state index contributed by atoms with van der Waals surface area (Å²) < 4.78 is 5.23. The van der Waals surface area contributed by atoms with Crippen LogP contribution in [-0.2, 0) is 16.1 Å². The molecule has 1 heterocycles. The Morgan fingerprint density at radius 1 is 0.889 bits per heavy atom. The first-order valence-corrected chi connectivity index (χ1v) is 10.7. The van der Waals surface area contributed by atoms with Gasteiger partial charge in [0.1, 0.15) is 6.61 Å². The van der Waals surface area contributed by atoms with E-state index in [1.165, 1.54) is 38.5 Å². The number of esters is 1. The molecule has 0 aliphatic rings. The van der Waals surface area contributed by atoms with E-state index in [1.807, 2.05) is 18.2 Å². The zero-order valence-corrected chi connectivity index (χ0v) is 17.1. The summed E-state index contributed by atoms with van der Waals surface area (Å²) in [5.74, 6) is -0.122.